The lowest BCUT2D eigenvalue weighted by Gasteiger charge is -2.25. The van der Waals surface area contributed by atoms with Crippen LogP contribution in [0, 0.1) is 0 Å². The van der Waals surface area contributed by atoms with Gasteiger partial charge in [0.05, 0.1) is 13.2 Å². The molecule has 0 unspecified atom stereocenters. The highest BCUT2D eigenvalue weighted by Gasteiger charge is 2.27. The van der Waals surface area contributed by atoms with E-state index in [1.54, 1.807) is 19.9 Å². The molecule has 1 N–H and O–H groups in total. The van der Waals surface area contributed by atoms with Crippen molar-refractivity contribution in [2.75, 3.05) is 20.3 Å². The highest BCUT2D eigenvalue weighted by molar-refractivity contribution is 7.89. The molecule has 0 atom stereocenters. The first-order valence-corrected chi connectivity index (χ1v) is 7.44. The summed E-state index contributed by atoms with van der Waals surface area (Å²) in [5.41, 5.74) is 0.576. The van der Waals surface area contributed by atoms with Gasteiger partial charge in [-0.1, -0.05) is 6.07 Å². The predicted octanol–water partition coefficient (Wildman–Crippen LogP) is 0.619. The van der Waals surface area contributed by atoms with Crippen molar-refractivity contribution >= 4 is 10.0 Å². The van der Waals surface area contributed by atoms with Crippen molar-refractivity contribution < 1.29 is 18.3 Å². The van der Waals surface area contributed by atoms with E-state index in [2.05, 4.69) is 4.98 Å². The monoisotopic (exact) mass is 288 g/mol. The van der Waals surface area contributed by atoms with Crippen molar-refractivity contribution in [2.24, 2.45) is 0 Å². The summed E-state index contributed by atoms with van der Waals surface area (Å²) < 4.78 is 31.1. The molecule has 1 heterocycles. The van der Waals surface area contributed by atoms with Gasteiger partial charge < -0.3 is 9.84 Å². The van der Waals surface area contributed by atoms with Gasteiger partial charge in [-0.3, -0.25) is 0 Å². The zero-order valence-corrected chi connectivity index (χ0v) is 12.2. The van der Waals surface area contributed by atoms with Crippen LogP contribution in [0.3, 0.4) is 0 Å². The molecule has 19 heavy (non-hydrogen) atoms. The molecule has 0 spiro atoms. The van der Waals surface area contributed by atoms with Crippen LogP contribution < -0.4 is 0 Å². The first-order chi connectivity index (χ1) is 8.93. The molecule has 0 aliphatic heterocycles. The number of aromatic nitrogens is 1. The quantitative estimate of drug-likeness (QED) is 0.795. The molecule has 0 saturated carbocycles. The second-order valence-corrected chi connectivity index (χ2v) is 6.20. The van der Waals surface area contributed by atoms with Gasteiger partial charge in [-0.25, -0.2) is 13.4 Å². The van der Waals surface area contributed by atoms with Gasteiger partial charge in [0, 0.05) is 25.9 Å². The lowest BCUT2D eigenvalue weighted by molar-refractivity contribution is 0.170. The number of methoxy groups -OCH3 is 1. The summed E-state index contributed by atoms with van der Waals surface area (Å²) in [6.45, 7) is 4.04. The number of hydrogen-bond donors (Lipinski definition) is 1. The Hall–Kier alpha value is -1.02. The molecule has 0 aliphatic carbocycles. The number of nitrogens with zero attached hydrogens (tertiary/aromatic N) is 2. The zero-order valence-electron chi connectivity index (χ0n) is 11.4. The lowest BCUT2D eigenvalue weighted by Crippen LogP contribution is -2.39. The van der Waals surface area contributed by atoms with Gasteiger partial charge in [-0.05, 0) is 25.5 Å². The molecule has 0 saturated heterocycles. The molecule has 0 amide bonds. The second kappa shape index (κ2) is 6.95. The molecule has 0 fully saturated rings. The number of sulfonamides is 1. The number of aliphatic hydroxyl groups is 1. The van der Waals surface area contributed by atoms with E-state index in [-0.39, 0.29) is 24.2 Å². The van der Waals surface area contributed by atoms with Crippen LogP contribution in [0.2, 0.25) is 0 Å². The van der Waals surface area contributed by atoms with Crippen LogP contribution in [0.25, 0.3) is 0 Å². The first-order valence-electron chi connectivity index (χ1n) is 6.00. The molecule has 7 heteroatoms. The molecule has 0 bridgehead atoms. The van der Waals surface area contributed by atoms with Crippen LogP contribution in [0.5, 0.6) is 0 Å². The SMILES string of the molecule is COCCN(C(C)C)S(=O)(=O)c1ccc(CO)cn1. The molecular formula is C12H20N2O4S. The second-order valence-electron chi connectivity index (χ2n) is 4.37. The molecule has 6 nitrogen and oxygen atoms in total. The molecular weight excluding hydrogens is 268 g/mol. The third kappa shape index (κ3) is 3.97. The van der Waals surface area contributed by atoms with Crippen molar-refractivity contribution in [1.29, 1.82) is 0 Å². The number of aliphatic hydroxyl groups excluding tert-OH is 1. The van der Waals surface area contributed by atoms with Crippen molar-refractivity contribution in [2.45, 2.75) is 31.5 Å². The van der Waals surface area contributed by atoms with E-state index in [1.165, 1.54) is 23.7 Å². The highest BCUT2D eigenvalue weighted by atomic mass is 32.2. The van der Waals surface area contributed by atoms with Gasteiger partial charge in [-0.2, -0.15) is 4.31 Å². The average molecular weight is 288 g/mol. The maximum atomic E-state index is 12.4. The Morgan fingerprint density at radius 1 is 1.42 bits per heavy atom. The van der Waals surface area contributed by atoms with E-state index < -0.39 is 10.0 Å². The lowest BCUT2D eigenvalue weighted by atomic mass is 10.3. The summed E-state index contributed by atoms with van der Waals surface area (Å²) in [6, 6.07) is 2.78. The van der Waals surface area contributed by atoms with Crippen molar-refractivity contribution in [3.05, 3.63) is 23.9 Å². The van der Waals surface area contributed by atoms with Gasteiger partial charge in [0.2, 0.25) is 0 Å². The largest absolute Gasteiger partial charge is 0.392 e. The Morgan fingerprint density at radius 2 is 2.11 bits per heavy atom. The molecule has 1 aromatic heterocycles. The van der Waals surface area contributed by atoms with Gasteiger partial charge in [0.1, 0.15) is 0 Å². The Morgan fingerprint density at radius 3 is 2.53 bits per heavy atom. The topological polar surface area (TPSA) is 79.7 Å². The number of rotatable bonds is 7. The molecule has 108 valence electrons. The summed E-state index contributed by atoms with van der Waals surface area (Å²) in [6.07, 6.45) is 1.36. The minimum absolute atomic E-state index is 0.0190. The van der Waals surface area contributed by atoms with Gasteiger partial charge in [-0.15, -0.1) is 0 Å². The van der Waals surface area contributed by atoms with Crippen LogP contribution >= 0.6 is 0 Å². The average Bonchev–Trinajstić information content (AvgIpc) is 2.38. The van der Waals surface area contributed by atoms with E-state index in [1.807, 2.05) is 0 Å². The fraction of sp³-hybridized carbons (Fsp3) is 0.583. The van der Waals surface area contributed by atoms with Crippen LogP contribution in [0.1, 0.15) is 19.4 Å². The Bertz CT molecular complexity index is 485. The third-order valence-corrected chi connectivity index (χ3v) is 4.64. The van der Waals surface area contributed by atoms with Gasteiger partial charge in [0.25, 0.3) is 10.0 Å². The first kappa shape index (κ1) is 16.0. The smallest absolute Gasteiger partial charge is 0.260 e. The summed E-state index contributed by atoms with van der Waals surface area (Å²) in [7, 11) is -2.11. The third-order valence-electron chi connectivity index (χ3n) is 2.64. The summed E-state index contributed by atoms with van der Waals surface area (Å²) in [4.78, 5) is 3.90. The standard InChI is InChI=1S/C12H20N2O4S/c1-10(2)14(6-7-18-3)19(16,17)12-5-4-11(9-15)8-13-12/h4-5,8,10,15H,6-7,9H2,1-3H3. The van der Waals surface area contributed by atoms with Crippen molar-refractivity contribution in [1.82, 2.24) is 9.29 Å². The fourth-order valence-electron chi connectivity index (χ4n) is 1.61. The van der Waals surface area contributed by atoms with E-state index in [4.69, 9.17) is 9.84 Å². The van der Waals surface area contributed by atoms with E-state index in [0.717, 1.165) is 0 Å². The van der Waals surface area contributed by atoms with E-state index >= 15 is 0 Å². The molecule has 1 rings (SSSR count). The molecule has 0 radical (unpaired) electrons. The van der Waals surface area contributed by atoms with Crippen molar-refractivity contribution in [3.63, 3.8) is 0 Å². The molecule has 1 aromatic rings. The molecule has 0 aromatic carbocycles. The Balaban J connectivity index is 3.04. The number of hydrogen-bond acceptors (Lipinski definition) is 5. The van der Waals surface area contributed by atoms with Crippen LogP contribution in [-0.2, 0) is 21.4 Å². The minimum atomic E-state index is -3.64. The number of pyridine rings is 1. The van der Waals surface area contributed by atoms with Gasteiger partial charge in [0.15, 0.2) is 5.03 Å². The Kier molecular flexibility index (Phi) is 5.86. The zero-order chi connectivity index (χ0) is 14.5. The van der Waals surface area contributed by atoms with E-state index in [9.17, 15) is 8.42 Å². The van der Waals surface area contributed by atoms with Crippen LogP contribution in [0.15, 0.2) is 23.4 Å². The van der Waals surface area contributed by atoms with Crippen LogP contribution in [-0.4, -0.2) is 49.1 Å². The predicted molar refractivity (Wildman–Crippen MR) is 71.1 cm³/mol. The molecule has 0 aliphatic rings. The Labute approximate surface area is 114 Å². The normalized spacial score (nSPS) is 12.3. The maximum Gasteiger partial charge on any atom is 0.260 e. The van der Waals surface area contributed by atoms with Gasteiger partial charge >= 0.3 is 0 Å². The number of ether oxygens (including phenoxy) is 1. The minimum Gasteiger partial charge on any atom is -0.392 e. The summed E-state index contributed by atoms with van der Waals surface area (Å²) in [5, 5.41) is 8.91. The van der Waals surface area contributed by atoms with Crippen LogP contribution in [0.4, 0.5) is 0 Å². The highest BCUT2D eigenvalue weighted by Crippen LogP contribution is 2.16. The fourth-order valence-corrected chi connectivity index (χ4v) is 3.15. The summed E-state index contributed by atoms with van der Waals surface area (Å²) in [5.74, 6) is 0. The van der Waals surface area contributed by atoms with Crippen molar-refractivity contribution in [3.8, 4) is 0 Å². The summed E-state index contributed by atoms with van der Waals surface area (Å²) >= 11 is 0. The van der Waals surface area contributed by atoms with E-state index in [0.29, 0.717) is 12.2 Å². The maximum absolute atomic E-state index is 12.4.